The largest absolute Gasteiger partial charge is 0.465 e. The van der Waals surface area contributed by atoms with E-state index in [4.69, 9.17) is 11.6 Å². The lowest BCUT2D eigenvalue weighted by atomic mass is 9.97. The lowest BCUT2D eigenvalue weighted by Crippen LogP contribution is -2.25. The Morgan fingerprint density at radius 1 is 1.35 bits per heavy atom. The van der Waals surface area contributed by atoms with Crippen molar-refractivity contribution in [1.82, 2.24) is 4.72 Å². The maximum Gasteiger partial charge on any atom is 0.339 e. The zero-order valence-electron chi connectivity index (χ0n) is 13.0. The highest BCUT2D eigenvalue weighted by molar-refractivity contribution is 7.89. The van der Waals surface area contributed by atoms with Crippen LogP contribution in [0.3, 0.4) is 0 Å². The first kappa shape index (κ1) is 18.0. The molecule has 0 aromatic heterocycles. The second-order valence-corrected chi connectivity index (χ2v) is 7.56. The van der Waals surface area contributed by atoms with Crippen molar-refractivity contribution in [2.75, 3.05) is 13.7 Å². The number of ether oxygens (including phenoxy) is 1. The molecule has 0 radical (unpaired) electrons. The highest BCUT2D eigenvalue weighted by atomic mass is 35.5. The maximum absolute atomic E-state index is 12.3. The van der Waals surface area contributed by atoms with Gasteiger partial charge >= 0.3 is 5.97 Å². The van der Waals surface area contributed by atoms with Gasteiger partial charge in [0.1, 0.15) is 0 Å². The summed E-state index contributed by atoms with van der Waals surface area (Å²) >= 11 is 5.90. The van der Waals surface area contributed by atoms with E-state index in [1.165, 1.54) is 37.3 Å². The van der Waals surface area contributed by atoms with Gasteiger partial charge in [-0.05, 0) is 50.3 Å². The van der Waals surface area contributed by atoms with Crippen molar-refractivity contribution in [2.24, 2.45) is 0 Å². The van der Waals surface area contributed by atoms with E-state index < -0.39 is 16.0 Å². The second-order valence-electron chi connectivity index (χ2n) is 5.39. The molecule has 126 valence electrons. The molecule has 7 heteroatoms. The summed E-state index contributed by atoms with van der Waals surface area (Å²) in [4.78, 5) is 11.6. The van der Waals surface area contributed by atoms with Crippen molar-refractivity contribution in [3.8, 4) is 0 Å². The molecule has 0 spiro atoms. The molecule has 0 atom stereocenters. The van der Waals surface area contributed by atoms with Crippen LogP contribution in [0.1, 0.15) is 42.5 Å². The lowest BCUT2D eigenvalue weighted by Gasteiger charge is -2.13. The summed E-state index contributed by atoms with van der Waals surface area (Å²) in [5.41, 5.74) is 1.33. The van der Waals surface area contributed by atoms with Gasteiger partial charge in [0.05, 0.1) is 22.6 Å². The van der Waals surface area contributed by atoms with Crippen LogP contribution in [-0.4, -0.2) is 28.0 Å². The molecule has 0 saturated carbocycles. The van der Waals surface area contributed by atoms with Gasteiger partial charge in [0.25, 0.3) is 0 Å². The number of sulfonamides is 1. The van der Waals surface area contributed by atoms with Gasteiger partial charge in [0.2, 0.25) is 10.0 Å². The molecule has 0 fully saturated rings. The number of rotatable bonds is 6. The Labute approximate surface area is 141 Å². The van der Waals surface area contributed by atoms with Gasteiger partial charge in [0, 0.05) is 6.54 Å². The average molecular weight is 358 g/mol. The number of hydrogen-bond acceptors (Lipinski definition) is 4. The molecule has 0 saturated heterocycles. The first-order chi connectivity index (χ1) is 10.9. The lowest BCUT2D eigenvalue weighted by molar-refractivity contribution is 0.0600. The van der Waals surface area contributed by atoms with E-state index in [1.807, 2.05) is 0 Å². The topological polar surface area (TPSA) is 72.5 Å². The van der Waals surface area contributed by atoms with E-state index >= 15 is 0 Å². The molecule has 0 bridgehead atoms. The minimum Gasteiger partial charge on any atom is -0.465 e. The number of benzene rings is 1. The SMILES string of the molecule is COC(=O)c1cc(S(=O)(=O)NCCC2=CCCCC2)ccc1Cl. The number of methoxy groups -OCH3 is 1. The van der Waals surface area contributed by atoms with Gasteiger partial charge in [-0.1, -0.05) is 23.3 Å². The highest BCUT2D eigenvalue weighted by Crippen LogP contribution is 2.22. The molecule has 5 nitrogen and oxygen atoms in total. The Balaban J connectivity index is 2.07. The summed E-state index contributed by atoms with van der Waals surface area (Å²) in [5, 5.41) is 0.156. The van der Waals surface area contributed by atoms with Crippen LogP contribution in [0.4, 0.5) is 0 Å². The zero-order chi connectivity index (χ0) is 16.9. The highest BCUT2D eigenvalue weighted by Gasteiger charge is 2.19. The normalized spacial score (nSPS) is 15.1. The molecule has 0 heterocycles. The molecule has 1 N–H and O–H groups in total. The third kappa shape index (κ3) is 4.80. The second kappa shape index (κ2) is 7.95. The fourth-order valence-electron chi connectivity index (χ4n) is 2.50. The number of halogens is 1. The van der Waals surface area contributed by atoms with Crippen LogP contribution < -0.4 is 4.72 Å². The fraction of sp³-hybridized carbons (Fsp3) is 0.438. The summed E-state index contributed by atoms with van der Waals surface area (Å²) in [6, 6.07) is 3.99. The quantitative estimate of drug-likeness (QED) is 0.626. The number of nitrogens with one attached hydrogen (secondary N) is 1. The van der Waals surface area contributed by atoms with E-state index in [0.29, 0.717) is 13.0 Å². The molecule has 0 amide bonds. The van der Waals surface area contributed by atoms with Gasteiger partial charge in [-0.25, -0.2) is 17.9 Å². The van der Waals surface area contributed by atoms with Crippen molar-refractivity contribution in [3.63, 3.8) is 0 Å². The molecular weight excluding hydrogens is 338 g/mol. The Kier molecular flexibility index (Phi) is 6.21. The van der Waals surface area contributed by atoms with Crippen LogP contribution in [0.5, 0.6) is 0 Å². The van der Waals surface area contributed by atoms with Crippen LogP contribution in [0.25, 0.3) is 0 Å². The Hall–Kier alpha value is -1.37. The first-order valence-corrected chi connectivity index (χ1v) is 9.35. The third-order valence-electron chi connectivity index (χ3n) is 3.78. The van der Waals surface area contributed by atoms with Crippen LogP contribution in [-0.2, 0) is 14.8 Å². The zero-order valence-corrected chi connectivity index (χ0v) is 14.5. The van der Waals surface area contributed by atoms with E-state index in [-0.39, 0.29) is 15.5 Å². The van der Waals surface area contributed by atoms with Crippen molar-refractivity contribution < 1.29 is 17.9 Å². The number of carbonyl (C=O) groups excluding carboxylic acids is 1. The van der Waals surface area contributed by atoms with E-state index in [9.17, 15) is 13.2 Å². The van der Waals surface area contributed by atoms with E-state index in [2.05, 4.69) is 15.5 Å². The number of esters is 1. The predicted molar refractivity (Wildman–Crippen MR) is 89.1 cm³/mol. The van der Waals surface area contributed by atoms with Crippen LogP contribution in [0.2, 0.25) is 5.02 Å². The van der Waals surface area contributed by atoms with Gasteiger partial charge in [-0.15, -0.1) is 0 Å². The Morgan fingerprint density at radius 3 is 2.78 bits per heavy atom. The molecule has 2 rings (SSSR count). The van der Waals surface area contributed by atoms with Crippen molar-refractivity contribution in [3.05, 3.63) is 40.4 Å². The number of hydrogen-bond donors (Lipinski definition) is 1. The minimum absolute atomic E-state index is 0.0000706. The van der Waals surface area contributed by atoms with Crippen LogP contribution >= 0.6 is 11.6 Å². The Bertz CT molecular complexity index is 713. The molecule has 0 unspecified atom stereocenters. The molecular formula is C16H20ClNO4S. The monoisotopic (exact) mass is 357 g/mol. The minimum atomic E-state index is -3.69. The summed E-state index contributed by atoms with van der Waals surface area (Å²) < 4.78 is 31.8. The molecule has 1 aromatic carbocycles. The van der Waals surface area contributed by atoms with Gasteiger partial charge in [-0.3, -0.25) is 0 Å². The summed E-state index contributed by atoms with van der Waals surface area (Å²) in [7, 11) is -2.47. The van der Waals surface area contributed by atoms with E-state index in [1.54, 1.807) is 0 Å². The van der Waals surface area contributed by atoms with Crippen LogP contribution in [0.15, 0.2) is 34.7 Å². The smallest absolute Gasteiger partial charge is 0.339 e. The standard InChI is InChI=1S/C16H20ClNO4S/c1-22-16(19)14-11-13(7-8-15(14)17)23(20,21)18-10-9-12-5-3-2-4-6-12/h5,7-8,11,18H,2-4,6,9-10H2,1H3. The van der Waals surface area contributed by atoms with Gasteiger partial charge in [-0.2, -0.15) is 0 Å². The molecule has 0 aliphatic heterocycles. The first-order valence-electron chi connectivity index (χ1n) is 7.49. The van der Waals surface area contributed by atoms with Crippen molar-refractivity contribution in [2.45, 2.75) is 37.0 Å². The molecule has 1 aromatic rings. The number of allylic oxidation sites excluding steroid dienone is 1. The van der Waals surface area contributed by atoms with Gasteiger partial charge in [0.15, 0.2) is 0 Å². The molecule has 23 heavy (non-hydrogen) atoms. The average Bonchev–Trinajstić information content (AvgIpc) is 2.55. The summed E-state index contributed by atoms with van der Waals surface area (Å²) in [6.45, 7) is 0.338. The molecule has 1 aliphatic rings. The molecule has 1 aliphatic carbocycles. The Morgan fingerprint density at radius 2 is 2.13 bits per heavy atom. The van der Waals surface area contributed by atoms with Gasteiger partial charge < -0.3 is 4.74 Å². The van der Waals surface area contributed by atoms with Crippen LogP contribution in [0, 0.1) is 0 Å². The summed E-state index contributed by atoms with van der Waals surface area (Å²) in [6.07, 6.45) is 7.37. The summed E-state index contributed by atoms with van der Waals surface area (Å²) in [5.74, 6) is -0.667. The fourth-order valence-corrected chi connectivity index (χ4v) is 3.75. The maximum atomic E-state index is 12.3. The van der Waals surface area contributed by atoms with Crippen molar-refractivity contribution >= 4 is 27.6 Å². The number of carbonyl (C=O) groups is 1. The predicted octanol–water partition coefficient (Wildman–Crippen LogP) is 3.30. The van der Waals surface area contributed by atoms with Crippen molar-refractivity contribution in [1.29, 1.82) is 0 Å². The van der Waals surface area contributed by atoms with E-state index in [0.717, 1.165) is 19.3 Å². The third-order valence-corrected chi connectivity index (χ3v) is 5.56.